The third kappa shape index (κ3) is 3.06. The highest BCUT2D eigenvalue weighted by atomic mass is 16.6. The molecular weight excluding hydrogens is 280 g/mol. The van der Waals surface area contributed by atoms with E-state index in [2.05, 4.69) is 4.98 Å². The minimum atomic E-state index is -1.21. The molecule has 0 saturated heterocycles. The topological polar surface area (TPSA) is 112 Å². The number of hydrogen-bond acceptors (Lipinski definition) is 6. The molecule has 108 valence electrons. The van der Waals surface area contributed by atoms with E-state index in [0.29, 0.717) is 0 Å². The highest BCUT2D eigenvalue weighted by molar-refractivity contribution is 5.90. The van der Waals surface area contributed by atoms with Gasteiger partial charge in [0.15, 0.2) is 5.75 Å². The average molecular weight is 290 g/mol. The number of nitrogens with zero attached hydrogens (tertiary/aromatic N) is 2. The Hall–Kier alpha value is -3.16. The summed E-state index contributed by atoms with van der Waals surface area (Å²) >= 11 is 0. The van der Waals surface area contributed by atoms with Gasteiger partial charge < -0.3 is 14.6 Å². The van der Waals surface area contributed by atoms with Crippen LogP contribution in [0.5, 0.6) is 17.4 Å². The first-order valence-electron chi connectivity index (χ1n) is 5.71. The van der Waals surface area contributed by atoms with Gasteiger partial charge in [-0.2, -0.15) is 0 Å². The van der Waals surface area contributed by atoms with Gasteiger partial charge in [0.25, 0.3) is 0 Å². The van der Waals surface area contributed by atoms with Gasteiger partial charge in [0, 0.05) is 6.20 Å². The zero-order valence-corrected chi connectivity index (χ0v) is 10.8. The number of methoxy groups -OCH3 is 1. The van der Waals surface area contributed by atoms with E-state index in [0.717, 1.165) is 6.07 Å². The van der Waals surface area contributed by atoms with Crippen molar-refractivity contribution >= 4 is 11.7 Å². The largest absolute Gasteiger partial charge is 0.490 e. The van der Waals surface area contributed by atoms with E-state index in [1.165, 1.54) is 37.6 Å². The van der Waals surface area contributed by atoms with Crippen molar-refractivity contribution in [2.45, 2.75) is 0 Å². The number of carbonyl (C=O) groups is 1. The van der Waals surface area contributed by atoms with Crippen LogP contribution in [-0.2, 0) is 0 Å². The minimum Gasteiger partial charge on any atom is -0.490 e. The number of benzene rings is 1. The summed E-state index contributed by atoms with van der Waals surface area (Å²) in [5.41, 5.74) is -0.432. The summed E-state index contributed by atoms with van der Waals surface area (Å²) < 4.78 is 10.2. The van der Waals surface area contributed by atoms with Gasteiger partial charge in [-0.3, -0.25) is 10.1 Å². The zero-order valence-electron chi connectivity index (χ0n) is 10.8. The van der Waals surface area contributed by atoms with E-state index in [9.17, 15) is 14.9 Å². The number of hydrogen-bond donors (Lipinski definition) is 1. The molecule has 0 aliphatic carbocycles. The number of aromatic nitrogens is 1. The molecule has 8 heteroatoms. The fraction of sp³-hybridized carbons (Fsp3) is 0.0769. The van der Waals surface area contributed by atoms with Gasteiger partial charge >= 0.3 is 11.7 Å². The van der Waals surface area contributed by atoms with Crippen molar-refractivity contribution in [1.82, 2.24) is 4.98 Å². The number of carboxylic acids is 1. The van der Waals surface area contributed by atoms with Crippen LogP contribution in [0.2, 0.25) is 0 Å². The first-order chi connectivity index (χ1) is 10.0. The van der Waals surface area contributed by atoms with Gasteiger partial charge in [0.1, 0.15) is 11.3 Å². The lowest BCUT2D eigenvalue weighted by Gasteiger charge is -2.08. The van der Waals surface area contributed by atoms with Crippen LogP contribution < -0.4 is 9.47 Å². The summed E-state index contributed by atoms with van der Waals surface area (Å²) in [6, 6.07) is 6.69. The first-order valence-corrected chi connectivity index (χ1v) is 5.71. The van der Waals surface area contributed by atoms with Gasteiger partial charge in [-0.25, -0.2) is 9.78 Å². The van der Waals surface area contributed by atoms with Crippen LogP contribution in [0.25, 0.3) is 0 Å². The van der Waals surface area contributed by atoms with Crippen LogP contribution in [-0.4, -0.2) is 28.1 Å². The van der Waals surface area contributed by atoms with Crippen molar-refractivity contribution in [1.29, 1.82) is 0 Å². The monoisotopic (exact) mass is 290 g/mol. The Balaban J connectivity index is 2.39. The van der Waals surface area contributed by atoms with Crippen LogP contribution in [0.1, 0.15) is 10.4 Å². The molecule has 0 amide bonds. The lowest BCUT2D eigenvalue weighted by atomic mass is 10.2. The van der Waals surface area contributed by atoms with Crippen molar-refractivity contribution in [3.8, 4) is 17.4 Å². The van der Waals surface area contributed by atoms with Crippen molar-refractivity contribution in [2.75, 3.05) is 7.11 Å². The average Bonchev–Trinajstić information content (AvgIpc) is 2.47. The second-order valence-corrected chi connectivity index (χ2v) is 3.85. The molecule has 1 aromatic heterocycles. The normalized spacial score (nSPS) is 9.95. The van der Waals surface area contributed by atoms with E-state index in [4.69, 9.17) is 14.6 Å². The number of pyridine rings is 1. The molecule has 1 N–H and O–H groups in total. The van der Waals surface area contributed by atoms with Crippen LogP contribution in [0.3, 0.4) is 0 Å². The third-order valence-electron chi connectivity index (χ3n) is 2.56. The second kappa shape index (κ2) is 5.87. The van der Waals surface area contributed by atoms with Gasteiger partial charge in [0.2, 0.25) is 5.88 Å². The maximum Gasteiger partial charge on any atom is 0.341 e. The molecule has 0 unspecified atom stereocenters. The standard InChI is InChI=1S/C13H10N2O6/c1-20-11-5-4-8(7-10(11)15(18)19)21-12-9(13(16)17)3-2-6-14-12/h2-7H,1H3,(H,16,17). The number of ether oxygens (including phenoxy) is 2. The molecule has 2 aromatic rings. The molecule has 0 bridgehead atoms. The summed E-state index contributed by atoms with van der Waals surface area (Å²) in [5.74, 6) is -1.19. The SMILES string of the molecule is COc1ccc(Oc2ncccc2C(=O)O)cc1[N+](=O)[O-]. The van der Waals surface area contributed by atoms with E-state index < -0.39 is 10.9 Å². The number of nitro benzene ring substituents is 1. The molecular formula is C13H10N2O6. The molecule has 0 atom stereocenters. The molecule has 2 rings (SSSR count). The van der Waals surface area contributed by atoms with Gasteiger partial charge in [-0.05, 0) is 24.3 Å². The lowest BCUT2D eigenvalue weighted by molar-refractivity contribution is -0.385. The summed E-state index contributed by atoms with van der Waals surface area (Å²) in [7, 11) is 1.31. The molecule has 0 radical (unpaired) electrons. The quantitative estimate of drug-likeness (QED) is 0.664. The smallest absolute Gasteiger partial charge is 0.341 e. The Morgan fingerprint density at radius 3 is 2.76 bits per heavy atom. The number of aromatic carboxylic acids is 1. The molecule has 0 spiro atoms. The number of carboxylic acid groups (broad SMARTS) is 1. The van der Waals surface area contributed by atoms with Gasteiger partial charge in [-0.1, -0.05) is 0 Å². The fourth-order valence-corrected chi connectivity index (χ4v) is 1.62. The van der Waals surface area contributed by atoms with Crippen LogP contribution in [0.15, 0.2) is 36.5 Å². The number of rotatable bonds is 5. The van der Waals surface area contributed by atoms with E-state index in [1.807, 2.05) is 0 Å². The Bertz CT molecular complexity index is 701. The fourth-order valence-electron chi connectivity index (χ4n) is 1.62. The Labute approximate surface area is 118 Å². The molecule has 1 aromatic carbocycles. The van der Waals surface area contributed by atoms with Crippen molar-refractivity contribution in [3.05, 3.63) is 52.2 Å². The number of nitro groups is 1. The maximum absolute atomic E-state index is 11.0. The Kier molecular flexibility index (Phi) is 3.98. The van der Waals surface area contributed by atoms with Crippen molar-refractivity contribution in [2.24, 2.45) is 0 Å². The summed E-state index contributed by atoms with van der Waals surface area (Å²) in [6.45, 7) is 0. The maximum atomic E-state index is 11.0. The zero-order chi connectivity index (χ0) is 15.4. The predicted molar refractivity (Wildman–Crippen MR) is 70.9 cm³/mol. The van der Waals surface area contributed by atoms with Crippen molar-refractivity contribution < 1.29 is 24.3 Å². The van der Waals surface area contributed by atoms with Crippen LogP contribution >= 0.6 is 0 Å². The predicted octanol–water partition coefficient (Wildman–Crippen LogP) is 2.49. The van der Waals surface area contributed by atoms with E-state index in [-0.39, 0.29) is 28.6 Å². The Morgan fingerprint density at radius 1 is 1.38 bits per heavy atom. The third-order valence-corrected chi connectivity index (χ3v) is 2.56. The van der Waals surface area contributed by atoms with Crippen LogP contribution in [0.4, 0.5) is 5.69 Å². The van der Waals surface area contributed by atoms with Gasteiger partial charge in [0.05, 0.1) is 18.1 Å². The van der Waals surface area contributed by atoms with E-state index in [1.54, 1.807) is 0 Å². The molecule has 0 aliphatic rings. The highest BCUT2D eigenvalue weighted by Crippen LogP contribution is 2.33. The molecule has 1 heterocycles. The summed E-state index contributed by atoms with van der Waals surface area (Å²) in [5, 5.41) is 19.9. The molecule has 0 saturated carbocycles. The molecule has 8 nitrogen and oxygen atoms in total. The summed E-state index contributed by atoms with van der Waals surface area (Å²) in [6.07, 6.45) is 1.36. The second-order valence-electron chi connectivity index (χ2n) is 3.85. The first kappa shape index (κ1) is 14.3. The Morgan fingerprint density at radius 2 is 2.14 bits per heavy atom. The summed E-state index contributed by atoms with van der Waals surface area (Å²) in [4.78, 5) is 25.1. The minimum absolute atomic E-state index is 0.0758. The molecule has 0 aliphatic heterocycles. The molecule has 21 heavy (non-hydrogen) atoms. The highest BCUT2D eigenvalue weighted by Gasteiger charge is 2.18. The van der Waals surface area contributed by atoms with Crippen molar-refractivity contribution in [3.63, 3.8) is 0 Å². The van der Waals surface area contributed by atoms with E-state index >= 15 is 0 Å². The lowest BCUT2D eigenvalue weighted by Crippen LogP contribution is -2.02. The molecule has 0 fully saturated rings. The van der Waals surface area contributed by atoms with Gasteiger partial charge in [-0.15, -0.1) is 0 Å². The van der Waals surface area contributed by atoms with Crippen LogP contribution in [0, 0.1) is 10.1 Å².